The fraction of sp³-hybridized carbons (Fsp3) is 0.562. The van der Waals surface area contributed by atoms with Gasteiger partial charge < -0.3 is 15.0 Å². The van der Waals surface area contributed by atoms with Crippen LogP contribution in [0.2, 0.25) is 0 Å². The first-order valence-electron chi connectivity index (χ1n) is 7.29. The number of methoxy groups -OCH3 is 1. The maximum Gasteiger partial charge on any atom is 0.227 e. The Balaban J connectivity index is 1.97. The maximum absolute atomic E-state index is 12.4. The van der Waals surface area contributed by atoms with Crippen molar-refractivity contribution in [2.24, 2.45) is 5.92 Å². The molecule has 2 rings (SSSR count). The van der Waals surface area contributed by atoms with Gasteiger partial charge in [-0.05, 0) is 38.4 Å². The number of hydrogen-bond acceptors (Lipinski definition) is 3. The Labute approximate surface area is 121 Å². The number of benzene rings is 1. The smallest absolute Gasteiger partial charge is 0.227 e. The Hall–Kier alpha value is -1.55. The Morgan fingerprint density at radius 1 is 1.45 bits per heavy atom. The predicted octanol–water partition coefficient (Wildman–Crippen LogP) is 1.70. The second-order valence-electron chi connectivity index (χ2n) is 5.39. The van der Waals surface area contributed by atoms with Crippen LogP contribution < -0.4 is 10.1 Å². The summed E-state index contributed by atoms with van der Waals surface area (Å²) in [6.07, 6.45) is 2.74. The van der Waals surface area contributed by atoms with Gasteiger partial charge in [-0.15, -0.1) is 0 Å². The van der Waals surface area contributed by atoms with Crippen LogP contribution in [0.15, 0.2) is 24.3 Å². The molecule has 0 bridgehead atoms. The summed E-state index contributed by atoms with van der Waals surface area (Å²) < 4.78 is 5.31. The molecule has 1 N–H and O–H groups in total. The molecule has 1 amide bonds. The van der Waals surface area contributed by atoms with Crippen molar-refractivity contribution >= 4 is 5.91 Å². The first-order chi connectivity index (χ1) is 9.74. The molecule has 0 aromatic heterocycles. The van der Waals surface area contributed by atoms with Crippen LogP contribution in [0.25, 0.3) is 0 Å². The fourth-order valence-corrected chi connectivity index (χ4v) is 2.87. The molecule has 1 unspecified atom stereocenters. The third-order valence-electron chi connectivity index (χ3n) is 3.90. The number of likely N-dealkylation sites (tertiary alicyclic amines) is 1. The van der Waals surface area contributed by atoms with E-state index in [4.69, 9.17) is 4.74 Å². The molecule has 0 aliphatic carbocycles. The van der Waals surface area contributed by atoms with E-state index in [-0.39, 0.29) is 5.91 Å². The summed E-state index contributed by atoms with van der Waals surface area (Å²) in [5.74, 6) is 1.58. The van der Waals surface area contributed by atoms with Gasteiger partial charge in [0.2, 0.25) is 5.91 Å². The van der Waals surface area contributed by atoms with E-state index in [9.17, 15) is 4.79 Å². The number of nitrogens with one attached hydrogen (secondary N) is 1. The third-order valence-corrected chi connectivity index (χ3v) is 3.90. The van der Waals surface area contributed by atoms with Crippen LogP contribution >= 0.6 is 0 Å². The zero-order chi connectivity index (χ0) is 14.4. The molecule has 1 saturated heterocycles. The molecule has 20 heavy (non-hydrogen) atoms. The Morgan fingerprint density at radius 3 is 3.00 bits per heavy atom. The van der Waals surface area contributed by atoms with Gasteiger partial charge in [0.1, 0.15) is 5.75 Å². The minimum absolute atomic E-state index is 0.204. The molecule has 1 heterocycles. The van der Waals surface area contributed by atoms with Crippen LogP contribution in [0.1, 0.15) is 18.4 Å². The lowest BCUT2D eigenvalue weighted by atomic mass is 9.97. The lowest BCUT2D eigenvalue weighted by molar-refractivity contribution is -0.132. The third kappa shape index (κ3) is 3.73. The van der Waals surface area contributed by atoms with Gasteiger partial charge in [-0.25, -0.2) is 0 Å². The number of amides is 1. The number of carbonyl (C=O) groups excluding carboxylic acids is 1. The van der Waals surface area contributed by atoms with Crippen molar-refractivity contribution in [2.45, 2.75) is 19.3 Å². The summed E-state index contributed by atoms with van der Waals surface area (Å²) >= 11 is 0. The summed E-state index contributed by atoms with van der Waals surface area (Å²) in [7, 11) is 3.61. The number of carbonyl (C=O) groups is 1. The number of piperidine rings is 1. The van der Waals surface area contributed by atoms with Gasteiger partial charge in [0.05, 0.1) is 13.5 Å². The highest BCUT2D eigenvalue weighted by Crippen LogP contribution is 2.21. The zero-order valence-corrected chi connectivity index (χ0v) is 12.4. The van der Waals surface area contributed by atoms with E-state index in [0.29, 0.717) is 12.3 Å². The van der Waals surface area contributed by atoms with Crippen LogP contribution in [-0.2, 0) is 11.2 Å². The van der Waals surface area contributed by atoms with E-state index < -0.39 is 0 Å². The van der Waals surface area contributed by atoms with Crippen LogP contribution in [0, 0.1) is 5.92 Å². The SMILES string of the molecule is CNCC1CCCN(C(=O)Cc2ccccc2OC)C1. The van der Waals surface area contributed by atoms with Crippen molar-refractivity contribution in [2.75, 3.05) is 33.8 Å². The van der Waals surface area contributed by atoms with Gasteiger partial charge in [-0.3, -0.25) is 4.79 Å². The molecular formula is C16H24N2O2. The number of rotatable bonds is 5. The highest BCUT2D eigenvalue weighted by atomic mass is 16.5. The summed E-state index contributed by atoms with van der Waals surface area (Å²) in [5.41, 5.74) is 0.968. The average molecular weight is 276 g/mol. The Morgan fingerprint density at radius 2 is 2.25 bits per heavy atom. The molecule has 4 nitrogen and oxygen atoms in total. The van der Waals surface area contributed by atoms with E-state index in [2.05, 4.69) is 5.32 Å². The molecule has 1 aliphatic heterocycles. The van der Waals surface area contributed by atoms with Crippen LogP contribution in [0.4, 0.5) is 0 Å². The summed E-state index contributed by atoms with van der Waals surface area (Å²) in [4.78, 5) is 14.4. The van der Waals surface area contributed by atoms with Gasteiger partial charge in [-0.1, -0.05) is 18.2 Å². The average Bonchev–Trinajstić information content (AvgIpc) is 2.48. The second kappa shape index (κ2) is 7.29. The van der Waals surface area contributed by atoms with Crippen LogP contribution in [-0.4, -0.2) is 44.6 Å². The lowest BCUT2D eigenvalue weighted by Gasteiger charge is -2.33. The van der Waals surface area contributed by atoms with Crippen molar-refractivity contribution in [1.29, 1.82) is 0 Å². The van der Waals surface area contributed by atoms with Crippen molar-refractivity contribution in [3.63, 3.8) is 0 Å². The molecule has 4 heteroatoms. The molecule has 1 aromatic carbocycles. The van der Waals surface area contributed by atoms with Crippen molar-refractivity contribution in [1.82, 2.24) is 10.2 Å². The van der Waals surface area contributed by atoms with Gasteiger partial charge in [-0.2, -0.15) is 0 Å². The summed E-state index contributed by atoms with van der Waals surface area (Å²) in [6, 6.07) is 7.75. The molecule has 0 spiro atoms. The molecule has 110 valence electrons. The first kappa shape index (κ1) is 14.9. The predicted molar refractivity (Wildman–Crippen MR) is 79.9 cm³/mol. The minimum atomic E-state index is 0.204. The highest BCUT2D eigenvalue weighted by Gasteiger charge is 2.23. The van der Waals surface area contributed by atoms with Gasteiger partial charge >= 0.3 is 0 Å². The standard InChI is InChI=1S/C16H24N2O2/c1-17-11-13-6-5-9-18(12-13)16(19)10-14-7-3-4-8-15(14)20-2/h3-4,7-8,13,17H,5-6,9-12H2,1-2H3. The zero-order valence-electron chi connectivity index (χ0n) is 12.4. The van der Waals surface area contributed by atoms with E-state index >= 15 is 0 Å². The fourth-order valence-electron chi connectivity index (χ4n) is 2.87. The minimum Gasteiger partial charge on any atom is -0.496 e. The highest BCUT2D eigenvalue weighted by molar-refractivity contribution is 5.79. The van der Waals surface area contributed by atoms with Crippen LogP contribution in [0.3, 0.4) is 0 Å². The maximum atomic E-state index is 12.4. The second-order valence-corrected chi connectivity index (χ2v) is 5.39. The number of ether oxygens (including phenoxy) is 1. The Bertz CT molecular complexity index is 446. The first-order valence-corrected chi connectivity index (χ1v) is 7.29. The monoisotopic (exact) mass is 276 g/mol. The molecular weight excluding hydrogens is 252 g/mol. The van der Waals surface area contributed by atoms with Crippen molar-refractivity contribution in [3.8, 4) is 5.75 Å². The lowest BCUT2D eigenvalue weighted by Crippen LogP contribution is -2.43. The van der Waals surface area contributed by atoms with Gasteiger partial charge in [0.25, 0.3) is 0 Å². The molecule has 1 aromatic rings. The molecule has 1 atom stereocenters. The largest absolute Gasteiger partial charge is 0.496 e. The topological polar surface area (TPSA) is 41.6 Å². The van der Waals surface area contributed by atoms with Crippen LogP contribution in [0.5, 0.6) is 5.75 Å². The van der Waals surface area contributed by atoms with Crippen molar-refractivity contribution < 1.29 is 9.53 Å². The number of hydrogen-bond donors (Lipinski definition) is 1. The quantitative estimate of drug-likeness (QED) is 0.890. The summed E-state index contributed by atoms with van der Waals surface area (Å²) in [5, 5.41) is 3.21. The van der Waals surface area contributed by atoms with Crippen molar-refractivity contribution in [3.05, 3.63) is 29.8 Å². The number of nitrogens with zero attached hydrogens (tertiary/aromatic N) is 1. The van der Waals surface area contributed by atoms with E-state index in [0.717, 1.165) is 37.4 Å². The molecule has 0 radical (unpaired) electrons. The molecule has 0 saturated carbocycles. The van der Waals surface area contributed by atoms with E-state index in [1.807, 2.05) is 36.2 Å². The van der Waals surface area contributed by atoms with Gasteiger partial charge in [0, 0.05) is 18.7 Å². The Kier molecular flexibility index (Phi) is 5.41. The van der Waals surface area contributed by atoms with E-state index in [1.165, 1.54) is 6.42 Å². The van der Waals surface area contributed by atoms with E-state index in [1.54, 1.807) is 7.11 Å². The molecule has 1 fully saturated rings. The number of para-hydroxylation sites is 1. The summed E-state index contributed by atoms with van der Waals surface area (Å²) in [6.45, 7) is 2.74. The van der Waals surface area contributed by atoms with Gasteiger partial charge in [0.15, 0.2) is 0 Å². The normalized spacial score (nSPS) is 18.9. The molecule has 1 aliphatic rings.